The largest absolute Gasteiger partial charge is 0.377 e. The molecule has 7 heteroatoms. The fourth-order valence-electron chi connectivity index (χ4n) is 2.93. The Morgan fingerprint density at radius 2 is 0.897 bits per heavy atom. The van der Waals surface area contributed by atoms with Crippen LogP contribution in [0.1, 0.15) is 36.1 Å². The Hall–Kier alpha value is -2.48. The summed E-state index contributed by atoms with van der Waals surface area (Å²) in [5.74, 6) is 0. The quantitative estimate of drug-likeness (QED) is 0.489. The second-order valence-electron chi connectivity index (χ2n) is 7.55. The highest BCUT2D eigenvalue weighted by atomic mass is 16.5. The molecule has 2 aliphatic rings. The minimum atomic E-state index is -0.319. The molecule has 2 aromatic rings. The van der Waals surface area contributed by atoms with Gasteiger partial charge in [-0.25, -0.2) is 0 Å². The molecule has 0 unspecified atom stereocenters. The summed E-state index contributed by atoms with van der Waals surface area (Å²) in [7, 11) is 0. The summed E-state index contributed by atoms with van der Waals surface area (Å²) in [5, 5.41) is 16.2. The Balaban J connectivity index is 1.02. The molecule has 7 nitrogen and oxygen atoms in total. The van der Waals surface area contributed by atoms with Crippen LogP contribution in [-0.2, 0) is 38.8 Å². The molecule has 0 saturated carbocycles. The van der Waals surface area contributed by atoms with E-state index in [0.29, 0.717) is 39.6 Å². The van der Waals surface area contributed by atoms with Gasteiger partial charge >= 0.3 is 0 Å². The van der Waals surface area contributed by atoms with Crippen LogP contribution < -0.4 is 0 Å². The molecule has 0 fully saturated rings. The van der Waals surface area contributed by atoms with Crippen molar-refractivity contribution in [2.75, 3.05) is 26.4 Å². The van der Waals surface area contributed by atoms with E-state index in [4.69, 9.17) is 14.2 Å². The molecule has 0 saturated heterocycles. The van der Waals surface area contributed by atoms with Crippen molar-refractivity contribution in [2.24, 2.45) is 20.5 Å². The minimum absolute atomic E-state index is 0.319. The molecule has 29 heavy (non-hydrogen) atoms. The SMILES string of the molecule is CC1(c2ccc(COCCOCCOCc3ccc(C4(C)N=N4)cc3)cc2)N=N1. The third-order valence-corrected chi connectivity index (χ3v) is 5.08. The van der Waals surface area contributed by atoms with Crippen LogP contribution in [0.4, 0.5) is 0 Å². The Labute approximate surface area is 170 Å². The van der Waals surface area contributed by atoms with Crippen molar-refractivity contribution in [2.45, 2.75) is 38.4 Å². The highest BCUT2D eigenvalue weighted by Crippen LogP contribution is 2.39. The van der Waals surface area contributed by atoms with E-state index in [9.17, 15) is 0 Å². The second kappa shape index (κ2) is 8.49. The summed E-state index contributed by atoms with van der Waals surface area (Å²) < 4.78 is 16.9. The first-order valence-corrected chi connectivity index (χ1v) is 9.88. The lowest BCUT2D eigenvalue weighted by Gasteiger charge is -2.09. The van der Waals surface area contributed by atoms with Crippen molar-refractivity contribution in [1.29, 1.82) is 0 Å². The monoisotopic (exact) mass is 394 g/mol. The van der Waals surface area contributed by atoms with E-state index in [0.717, 1.165) is 22.3 Å². The van der Waals surface area contributed by atoms with Crippen LogP contribution >= 0.6 is 0 Å². The Morgan fingerprint density at radius 3 is 1.24 bits per heavy atom. The van der Waals surface area contributed by atoms with Gasteiger partial charge in [0.25, 0.3) is 0 Å². The molecule has 0 radical (unpaired) electrons. The zero-order valence-electron chi connectivity index (χ0n) is 16.9. The molecule has 0 aromatic heterocycles. The molecule has 0 amide bonds. The topological polar surface area (TPSA) is 77.1 Å². The van der Waals surface area contributed by atoms with E-state index in [-0.39, 0.29) is 11.3 Å². The van der Waals surface area contributed by atoms with Crippen LogP contribution in [0.2, 0.25) is 0 Å². The molecule has 0 N–H and O–H groups in total. The van der Waals surface area contributed by atoms with Gasteiger partial charge in [-0.3, -0.25) is 0 Å². The van der Waals surface area contributed by atoms with Crippen molar-refractivity contribution in [3.63, 3.8) is 0 Å². The predicted molar refractivity (Wildman–Crippen MR) is 107 cm³/mol. The summed E-state index contributed by atoms with van der Waals surface area (Å²) >= 11 is 0. The number of hydrogen-bond donors (Lipinski definition) is 0. The Kier molecular flexibility index (Phi) is 5.80. The molecule has 0 bridgehead atoms. The van der Waals surface area contributed by atoms with E-state index in [1.54, 1.807) is 0 Å². The van der Waals surface area contributed by atoms with Crippen LogP contribution in [0.15, 0.2) is 69.0 Å². The Morgan fingerprint density at radius 1 is 0.552 bits per heavy atom. The van der Waals surface area contributed by atoms with E-state index < -0.39 is 0 Å². The third kappa shape index (κ3) is 5.32. The van der Waals surface area contributed by atoms with Gasteiger partial charge in [-0.1, -0.05) is 48.5 Å². The highest BCUT2D eigenvalue weighted by molar-refractivity contribution is 5.30. The summed E-state index contributed by atoms with van der Waals surface area (Å²) in [4.78, 5) is 0. The molecule has 2 heterocycles. The average Bonchev–Trinajstić information content (AvgIpc) is 3.67. The number of rotatable bonds is 12. The maximum Gasteiger partial charge on any atom is 0.213 e. The lowest BCUT2D eigenvalue weighted by atomic mass is 10.0. The summed E-state index contributed by atoms with van der Waals surface area (Å²) in [5.41, 5.74) is 3.85. The van der Waals surface area contributed by atoms with E-state index >= 15 is 0 Å². The van der Waals surface area contributed by atoms with Gasteiger partial charge in [-0.15, -0.1) is 0 Å². The van der Waals surface area contributed by atoms with E-state index in [1.165, 1.54) is 0 Å². The van der Waals surface area contributed by atoms with Crippen molar-refractivity contribution < 1.29 is 14.2 Å². The van der Waals surface area contributed by atoms with Crippen LogP contribution in [0.25, 0.3) is 0 Å². The number of ether oxygens (including phenoxy) is 3. The highest BCUT2D eigenvalue weighted by Gasteiger charge is 2.36. The average molecular weight is 394 g/mol. The van der Waals surface area contributed by atoms with Gasteiger partial charge in [-0.05, 0) is 25.0 Å². The van der Waals surface area contributed by atoms with Crippen LogP contribution in [0.5, 0.6) is 0 Å². The van der Waals surface area contributed by atoms with Crippen LogP contribution in [-0.4, -0.2) is 26.4 Å². The van der Waals surface area contributed by atoms with Crippen molar-refractivity contribution in [3.8, 4) is 0 Å². The fraction of sp³-hybridized carbons (Fsp3) is 0.455. The Bertz CT molecular complexity index is 792. The molecule has 2 aromatic carbocycles. The van der Waals surface area contributed by atoms with Gasteiger partial charge in [-0.2, -0.15) is 20.5 Å². The van der Waals surface area contributed by atoms with Gasteiger partial charge in [0.1, 0.15) is 0 Å². The molecule has 152 valence electrons. The second-order valence-corrected chi connectivity index (χ2v) is 7.55. The van der Waals surface area contributed by atoms with Crippen LogP contribution in [0, 0.1) is 0 Å². The maximum absolute atomic E-state index is 5.65. The van der Waals surface area contributed by atoms with Crippen LogP contribution in [0.3, 0.4) is 0 Å². The fourth-order valence-corrected chi connectivity index (χ4v) is 2.93. The van der Waals surface area contributed by atoms with E-state index in [2.05, 4.69) is 69.0 Å². The summed E-state index contributed by atoms with van der Waals surface area (Å²) in [6.45, 7) is 7.35. The van der Waals surface area contributed by atoms with Crippen molar-refractivity contribution in [3.05, 3.63) is 70.8 Å². The standard InChI is InChI=1S/C22H26N4O3/c1-21(23-24-21)19-7-3-17(4-8-19)15-28-13-11-27-12-14-29-16-18-5-9-20(10-6-18)22(2)25-26-22/h3-10H,11-16H2,1-2H3. The molecule has 0 aliphatic carbocycles. The first kappa shape index (κ1) is 19.8. The molecule has 2 aliphatic heterocycles. The predicted octanol–water partition coefficient (Wildman–Crippen LogP) is 4.71. The zero-order valence-corrected chi connectivity index (χ0v) is 16.9. The number of benzene rings is 2. The van der Waals surface area contributed by atoms with Gasteiger partial charge in [0.2, 0.25) is 11.3 Å². The lowest BCUT2D eigenvalue weighted by molar-refractivity contribution is 0.00704. The molecular weight excluding hydrogens is 368 g/mol. The normalized spacial score (nSPS) is 17.4. The summed E-state index contributed by atoms with van der Waals surface area (Å²) in [6, 6.07) is 16.4. The smallest absolute Gasteiger partial charge is 0.213 e. The van der Waals surface area contributed by atoms with Gasteiger partial charge < -0.3 is 14.2 Å². The maximum atomic E-state index is 5.65. The van der Waals surface area contributed by atoms with Crippen molar-refractivity contribution >= 4 is 0 Å². The van der Waals surface area contributed by atoms with Crippen molar-refractivity contribution in [1.82, 2.24) is 0 Å². The first-order valence-electron chi connectivity index (χ1n) is 9.88. The molecule has 0 atom stereocenters. The van der Waals surface area contributed by atoms with E-state index in [1.807, 2.05) is 13.8 Å². The molecule has 0 spiro atoms. The van der Waals surface area contributed by atoms with Gasteiger partial charge in [0.05, 0.1) is 39.6 Å². The first-order chi connectivity index (χ1) is 14.1. The number of hydrogen-bond acceptors (Lipinski definition) is 7. The third-order valence-electron chi connectivity index (χ3n) is 5.08. The summed E-state index contributed by atoms with van der Waals surface area (Å²) in [6.07, 6.45) is 0. The minimum Gasteiger partial charge on any atom is -0.377 e. The molecular formula is C22H26N4O3. The molecule has 4 rings (SSSR count). The van der Waals surface area contributed by atoms with Gasteiger partial charge in [0, 0.05) is 11.1 Å². The zero-order chi connectivity index (χ0) is 20.2. The van der Waals surface area contributed by atoms with Gasteiger partial charge in [0.15, 0.2) is 0 Å². The lowest BCUT2D eigenvalue weighted by Crippen LogP contribution is -2.09. The number of nitrogens with zero attached hydrogens (tertiary/aromatic N) is 4.